The maximum Gasteiger partial charge on any atom is 0.273 e. The summed E-state index contributed by atoms with van der Waals surface area (Å²) in [5, 5.41) is 5.59. The topological polar surface area (TPSA) is 78.1 Å². The van der Waals surface area contributed by atoms with Crippen molar-refractivity contribution in [1.82, 2.24) is 14.9 Å². The number of nitrogens with zero attached hydrogens (tertiary/aromatic N) is 2. The van der Waals surface area contributed by atoms with E-state index < -0.39 is 0 Å². The number of hydrogen-bond acceptors (Lipinski definition) is 5. The zero-order chi connectivity index (χ0) is 14.8. The maximum atomic E-state index is 12.5. The molecule has 0 bridgehead atoms. The highest BCUT2D eigenvalue weighted by molar-refractivity contribution is 7.13. The Morgan fingerprint density at radius 1 is 1.57 bits per heavy atom. The van der Waals surface area contributed by atoms with E-state index in [0.29, 0.717) is 30.8 Å². The highest BCUT2D eigenvalue weighted by Crippen LogP contribution is 2.20. The summed E-state index contributed by atoms with van der Waals surface area (Å²) in [4.78, 5) is 32.9. The molecule has 3 heterocycles. The van der Waals surface area contributed by atoms with E-state index >= 15 is 0 Å². The van der Waals surface area contributed by atoms with Gasteiger partial charge in [-0.1, -0.05) is 0 Å². The zero-order valence-corrected chi connectivity index (χ0v) is 12.5. The number of nitrogens with one attached hydrogen (secondary N) is 2. The van der Waals surface area contributed by atoms with Gasteiger partial charge in [-0.3, -0.25) is 9.59 Å². The highest BCUT2D eigenvalue weighted by atomic mass is 32.1. The van der Waals surface area contributed by atoms with E-state index in [2.05, 4.69) is 15.3 Å². The Morgan fingerprint density at radius 2 is 2.43 bits per heavy atom. The summed E-state index contributed by atoms with van der Waals surface area (Å²) < 4.78 is 0. The molecule has 1 aliphatic rings. The predicted octanol–water partition coefficient (Wildman–Crippen LogP) is 1.46. The molecule has 0 unspecified atom stereocenters. The Balaban J connectivity index is 1.80. The minimum atomic E-state index is -0.121. The molecule has 2 aromatic rings. The molecule has 0 fully saturated rings. The summed E-state index contributed by atoms with van der Waals surface area (Å²) in [6.45, 7) is 3.71. The zero-order valence-electron chi connectivity index (χ0n) is 11.7. The average molecular weight is 304 g/mol. The molecule has 0 aliphatic carbocycles. The van der Waals surface area contributed by atoms with Crippen LogP contribution in [0.4, 0.5) is 5.13 Å². The number of rotatable bonds is 3. The molecule has 1 aliphatic heterocycles. The number of anilines is 1. The van der Waals surface area contributed by atoms with Crippen LogP contribution in [-0.2, 0) is 13.0 Å². The molecule has 0 atom stereocenters. The normalized spacial score (nSPS) is 13.9. The summed E-state index contributed by atoms with van der Waals surface area (Å²) in [6, 6.07) is 1.91. The van der Waals surface area contributed by atoms with Crippen LogP contribution in [0.2, 0.25) is 0 Å². The van der Waals surface area contributed by atoms with Crippen molar-refractivity contribution in [1.29, 1.82) is 0 Å². The van der Waals surface area contributed by atoms with Crippen LogP contribution in [0.1, 0.15) is 28.5 Å². The lowest BCUT2D eigenvalue weighted by Crippen LogP contribution is -2.38. The number of hydrogen-bond donors (Lipinski definition) is 2. The second-order valence-corrected chi connectivity index (χ2v) is 5.71. The Kier molecular flexibility index (Phi) is 3.74. The van der Waals surface area contributed by atoms with Crippen LogP contribution in [0.15, 0.2) is 22.4 Å². The third-order valence-corrected chi connectivity index (χ3v) is 4.30. The van der Waals surface area contributed by atoms with Crippen molar-refractivity contribution in [2.45, 2.75) is 19.9 Å². The van der Waals surface area contributed by atoms with E-state index in [9.17, 15) is 9.59 Å². The number of aromatic amines is 1. The van der Waals surface area contributed by atoms with Crippen LogP contribution >= 0.6 is 11.3 Å². The monoisotopic (exact) mass is 304 g/mol. The molecular formula is C14H16N4O2S. The van der Waals surface area contributed by atoms with Crippen molar-refractivity contribution in [3.8, 4) is 0 Å². The van der Waals surface area contributed by atoms with Crippen molar-refractivity contribution < 1.29 is 4.79 Å². The second-order valence-electron chi connectivity index (χ2n) is 4.86. The van der Waals surface area contributed by atoms with Crippen LogP contribution < -0.4 is 10.9 Å². The highest BCUT2D eigenvalue weighted by Gasteiger charge is 2.25. The van der Waals surface area contributed by atoms with Crippen molar-refractivity contribution in [3.63, 3.8) is 0 Å². The number of amides is 1. The predicted molar refractivity (Wildman–Crippen MR) is 81.8 cm³/mol. The molecule has 7 heteroatoms. The molecular weight excluding hydrogens is 288 g/mol. The lowest BCUT2D eigenvalue weighted by molar-refractivity contribution is 0.0729. The molecule has 0 saturated carbocycles. The first-order valence-electron chi connectivity index (χ1n) is 6.87. The van der Waals surface area contributed by atoms with Gasteiger partial charge in [0.15, 0.2) is 5.13 Å². The molecule has 3 rings (SSSR count). The summed E-state index contributed by atoms with van der Waals surface area (Å²) in [5.74, 6) is -0.121. The smallest absolute Gasteiger partial charge is 0.273 e. The molecule has 2 aromatic heterocycles. The van der Waals surface area contributed by atoms with Gasteiger partial charge in [0, 0.05) is 30.2 Å². The molecule has 110 valence electrons. The lowest BCUT2D eigenvalue weighted by Gasteiger charge is -2.27. The van der Waals surface area contributed by atoms with Crippen LogP contribution in [0.3, 0.4) is 0 Å². The van der Waals surface area contributed by atoms with Gasteiger partial charge in [-0.2, -0.15) is 0 Å². The van der Waals surface area contributed by atoms with E-state index in [-0.39, 0.29) is 11.5 Å². The van der Waals surface area contributed by atoms with E-state index in [4.69, 9.17) is 0 Å². The lowest BCUT2D eigenvalue weighted by atomic mass is 10.0. The fraction of sp³-hybridized carbons (Fsp3) is 0.357. The molecule has 0 saturated heterocycles. The van der Waals surface area contributed by atoms with Gasteiger partial charge in [0.1, 0.15) is 5.69 Å². The first-order chi connectivity index (χ1) is 10.2. The van der Waals surface area contributed by atoms with E-state index in [1.165, 1.54) is 11.3 Å². The fourth-order valence-electron chi connectivity index (χ4n) is 2.42. The van der Waals surface area contributed by atoms with Crippen molar-refractivity contribution in [2.75, 3.05) is 18.4 Å². The van der Waals surface area contributed by atoms with Crippen molar-refractivity contribution in [2.24, 2.45) is 0 Å². The number of H-pyrrole nitrogens is 1. The van der Waals surface area contributed by atoms with E-state index in [0.717, 1.165) is 17.2 Å². The van der Waals surface area contributed by atoms with Gasteiger partial charge in [-0.25, -0.2) is 4.98 Å². The van der Waals surface area contributed by atoms with Gasteiger partial charge in [-0.15, -0.1) is 11.3 Å². The van der Waals surface area contributed by atoms with Crippen LogP contribution in [-0.4, -0.2) is 33.9 Å². The molecule has 2 N–H and O–H groups in total. The maximum absolute atomic E-state index is 12.5. The fourth-order valence-corrected chi connectivity index (χ4v) is 3.18. The van der Waals surface area contributed by atoms with Gasteiger partial charge in [0.25, 0.3) is 11.5 Å². The summed E-state index contributed by atoms with van der Waals surface area (Å²) in [5.41, 5.74) is 2.03. The molecule has 0 radical (unpaired) electrons. The number of fused-ring (bicyclic) bond motifs is 1. The standard InChI is InChI=1S/C14H16N4O2S/c1-2-15-14-17-11(8-21-14)13(20)18-6-4-9-3-5-16-12(19)10(9)7-18/h3,5,8H,2,4,6-7H2,1H3,(H,15,17)(H,16,19). The molecule has 0 spiro atoms. The Labute approximate surface area is 125 Å². The van der Waals surface area contributed by atoms with Crippen molar-refractivity contribution >= 4 is 22.4 Å². The van der Waals surface area contributed by atoms with Gasteiger partial charge in [-0.05, 0) is 25.0 Å². The van der Waals surface area contributed by atoms with Crippen LogP contribution in [0.5, 0.6) is 0 Å². The molecule has 6 nitrogen and oxygen atoms in total. The number of pyridine rings is 1. The second kappa shape index (κ2) is 5.69. The van der Waals surface area contributed by atoms with Gasteiger partial charge >= 0.3 is 0 Å². The number of aromatic nitrogens is 2. The SMILES string of the molecule is CCNc1nc(C(=O)N2CCc3cc[nH]c(=O)c3C2)cs1. The molecule has 1 amide bonds. The summed E-state index contributed by atoms with van der Waals surface area (Å²) in [7, 11) is 0. The summed E-state index contributed by atoms with van der Waals surface area (Å²) in [6.07, 6.45) is 2.36. The summed E-state index contributed by atoms with van der Waals surface area (Å²) >= 11 is 1.42. The van der Waals surface area contributed by atoms with E-state index in [1.807, 2.05) is 13.0 Å². The minimum Gasteiger partial charge on any atom is -0.362 e. The quantitative estimate of drug-likeness (QED) is 0.900. The molecule has 0 aromatic carbocycles. The Morgan fingerprint density at radius 3 is 3.24 bits per heavy atom. The number of carbonyl (C=O) groups is 1. The third-order valence-electron chi connectivity index (χ3n) is 3.50. The molecule has 21 heavy (non-hydrogen) atoms. The van der Waals surface area contributed by atoms with Gasteiger partial charge < -0.3 is 15.2 Å². The number of thiazole rings is 1. The first-order valence-corrected chi connectivity index (χ1v) is 7.75. The average Bonchev–Trinajstić information content (AvgIpc) is 2.96. The van der Waals surface area contributed by atoms with Crippen molar-refractivity contribution in [3.05, 3.63) is 44.8 Å². The van der Waals surface area contributed by atoms with Crippen LogP contribution in [0.25, 0.3) is 0 Å². The van der Waals surface area contributed by atoms with Gasteiger partial charge in [0.05, 0.1) is 6.54 Å². The Bertz CT molecular complexity index is 722. The van der Waals surface area contributed by atoms with Crippen LogP contribution in [0, 0.1) is 0 Å². The van der Waals surface area contributed by atoms with Gasteiger partial charge in [0.2, 0.25) is 0 Å². The number of carbonyl (C=O) groups excluding carboxylic acids is 1. The Hall–Kier alpha value is -2.15. The minimum absolute atomic E-state index is 0.114. The first kappa shape index (κ1) is 13.8. The largest absolute Gasteiger partial charge is 0.362 e. The third kappa shape index (κ3) is 2.69. The van der Waals surface area contributed by atoms with E-state index in [1.54, 1.807) is 16.5 Å².